The molecule has 2 saturated carbocycles. The van der Waals surface area contributed by atoms with Crippen LogP contribution in [-0.4, -0.2) is 65.1 Å². The summed E-state index contributed by atoms with van der Waals surface area (Å²) in [5, 5.41) is 11.5. The third kappa shape index (κ3) is 9.12. The average Bonchev–Trinajstić information content (AvgIpc) is 3.42. The highest BCUT2D eigenvalue weighted by Crippen LogP contribution is 2.48. The van der Waals surface area contributed by atoms with Gasteiger partial charge in [-0.25, -0.2) is 8.78 Å². The molecule has 0 bridgehead atoms. The molecule has 0 atom stereocenters. The number of hydrogen-bond acceptors (Lipinski definition) is 9. The van der Waals surface area contributed by atoms with E-state index in [1.54, 1.807) is 36.1 Å². The quantitative estimate of drug-likeness (QED) is 0.0723. The van der Waals surface area contributed by atoms with Gasteiger partial charge in [0.2, 0.25) is 0 Å². The van der Waals surface area contributed by atoms with Crippen LogP contribution >= 0.6 is 12.2 Å². The Morgan fingerprint density at radius 1 is 0.814 bits per heavy atom. The molecule has 1 spiro atoms. The van der Waals surface area contributed by atoms with Crippen molar-refractivity contribution in [2.75, 3.05) is 42.0 Å². The largest absolute Gasteiger partial charge is 0.396 e. The number of carbonyl (C=O) groups excluding carboxylic acids is 3. The van der Waals surface area contributed by atoms with Crippen molar-refractivity contribution in [2.24, 2.45) is 0 Å². The van der Waals surface area contributed by atoms with E-state index in [0.29, 0.717) is 47.0 Å². The Balaban J connectivity index is 0.000000224. The topological polar surface area (TPSA) is 166 Å². The van der Waals surface area contributed by atoms with Gasteiger partial charge >= 0.3 is 0 Å². The molecule has 3 heterocycles. The number of nitrogens with one attached hydrogen (secondary N) is 4. The third-order valence-electron chi connectivity index (χ3n) is 10.4. The molecule has 0 unspecified atom stereocenters. The maximum atomic E-state index is 14.6. The zero-order valence-corrected chi connectivity index (χ0v) is 33.5. The molecule has 3 aliphatic rings. The summed E-state index contributed by atoms with van der Waals surface area (Å²) < 4.78 is 28.4. The summed E-state index contributed by atoms with van der Waals surface area (Å²) in [5.41, 5.74) is 8.07. The number of carbonyl (C=O) groups is 3. The minimum atomic E-state index is -0.871. The molecule has 2 aromatic heterocycles. The molecular formula is C42H47F2N11O3S. The molecule has 1 saturated heterocycles. The minimum absolute atomic E-state index is 0. The molecule has 308 valence electrons. The second kappa shape index (κ2) is 18.8. The molecule has 7 rings (SSSR count). The second-order valence-electron chi connectivity index (χ2n) is 13.9. The highest BCUT2D eigenvalue weighted by molar-refractivity contribution is 7.81. The summed E-state index contributed by atoms with van der Waals surface area (Å²) in [7, 11) is 4.81. The van der Waals surface area contributed by atoms with Crippen LogP contribution in [0, 0.1) is 38.6 Å². The summed E-state index contributed by atoms with van der Waals surface area (Å²) in [5.74, 6) is -1.63. The van der Waals surface area contributed by atoms with E-state index in [1.165, 1.54) is 55.7 Å². The average molecular weight is 824 g/mol. The van der Waals surface area contributed by atoms with Crippen LogP contribution < -0.4 is 36.8 Å². The van der Waals surface area contributed by atoms with Crippen LogP contribution in [0.15, 0.2) is 60.9 Å². The summed E-state index contributed by atoms with van der Waals surface area (Å²) >= 11 is 5.65. The number of nitrogen functional groups attached to an aromatic ring is 1. The predicted molar refractivity (Wildman–Crippen MR) is 230 cm³/mol. The molecule has 4 aromatic rings. The van der Waals surface area contributed by atoms with E-state index >= 15 is 0 Å². The maximum Gasteiger partial charge on any atom is 0.272 e. The van der Waals surface area contributed by atoms with E-state index in [2.05, 4.69) is 40.9 Å². The molecule has 0 radical (unpaired) electrons. The first-order chi connectivity index (χ1) is 27.7. The van der Waals surface area contributed by atoms with Crippen molar-refractivity contribution in [3.63, 3.8) is 0 Å². The molecule has 3 fully saturated rings. The molecule has 2 aliphatic carbocycles. The lowest BCUT2D eigenvalue weighted by molar-refractivity contribution is -0.123. The zero-order chi connectivity index (χ0) is 42.4. The Kier molecular flexibility index (Phi) is 14.4. The monoisotopic (exact) mass is 823 g/mol. The fourth-order valence-electron chi connectivity index (χ4n) is 6.82. The fraction of sp³-hybridized carbons (Fsp3) is 0.333. The molecule has 1 aliphatic heterocycles. The van der Waals surface area contributed by atoms with Gasteiger partial charge in [-0.2, -0.15) is 0 Å². The van der Waals surface area contributed by atoms with Gasteiger partial charge in [-0.1, -0.05) is 20.6 Å². The number of thiocarbonyl (C=S) groups is 1. The predicted octanol–water partition coefficient (Wildman–Crippen LogP) is 7.36. The van der Waals surface area contributed by atoms with Gasteiger partial charge in [0.1, 0.15) is 29.6 Å². The first kappa shape index (κ1) is 45.1. The van der Waals surface area contributed by atoms with Gasteiger partial charge < -0.3 is 36.3 Å². The van der Waals surface area contributed by atoms with Gasteiger partial charge in [0.05, 0.1) is 28.2 Å². The molecule has 3 amide bonds. The van der Waals surface area contributed by atoms with Crippen molar-refractivity contribution in [3.05, 3.63) is 118 Å². The van der Waals surface area contributed by atoms with Crippen molar-refractivity contribution < 1.29 is 23.2 Å². The van der Waals surface area contributed by atoms with Crippen LogP contribution in [0.5, 0.6) is 0 Å². The van der Waals surface area contributed by atoms with Crippen LogP contribution in [0.3, 0.4) is 0 Å². The van der Waals surface area contributed by atoms with Crippen molar-refractivity contribution >= 4 is 69.4 Å². The van der Waals surface area contributed by atoms with E-state index in [-0.39, 0.29) is 41.1 Å². The standard InChI is InChI=1S/C21H18FN5O2S.C13H18FN3O.C7H7N3.CH4/c1-12-9-14(11-25-17(12)23-2)26-19(29)21(7-4-8-21)27(20(26)30)13-5-6-15(16(22)10-13)18(28)24-3;1-15-12(18)10-5-4-9(8-11(10)14)17-13(16-2)6-3-7-13;1-5-3-6(8)4-10-7(5)9-2;/h5-6,9-11H,4,7-8H2,1,3H3,(H,24,28);4-5,8,16-17H,3,6-7H2,1-2H3,(H,15,18);3-4H,8H2,1H3;1H4. The number of pyridine rings is 2. The SMILES string of the molecule is C.CNC(=O)c1ccc(NC2(NC)CCC2)cc1F.[C-]#[N+]c1ncc(N)cc1C.[C-]#[N+]c1ncc(N2C(=O)C3(CCC3)N(c3ccc(C(=O)NC)c(F)c3)C2=S)cc1C. The Hall–Kier alpha value is -6.56. The number of nitrogens with zero attached hydrogens (tertiary/aromatic N) is 6. The molecule has 17 heteroatoms. The molecule has 59 heavy (non-hydrogen) atoms. The number of anilines is 4. The molecule has 14 nitrogen and oxygen atoms in total. The van der Waals surface area contributed by atoms with E-state index in [9.17, 15) is 23.2 Å². The smallest absolute Gasteiger partial charge is 0.272 e. The van der Waals surface area contributed by atoms with Crippen molar-refractivity contribution in [2.45, 2.75) is 71.0 Å². The van der Waals surface area contributed by atoms with E-state index < -0.39 is 29.0 Å². The summed E-state index contributed by atoms with van der Waals surface area (Å²) in [4.78, 5) is 54.2. The first-order valence-electron chi connectivity index (χ1n) is 18.3. The lowest BCUT2D eigenvalue weighted by Gasteiger charge is -2.43. The number of rotatable bonds is 7. The van der Waals surface area contributed by atoms with E-state index in [0.717, 1.165) is 31.2 Å². The van der Waals surface area contributed by atoms with Crippen molar-refractivity contribution in [3.8, 4) is 0 Å². The van der Waals surface area contributed by atoms with Gasteiger partial charge in [-0.15, -0.1) is 9.97 Å². The Morgan fingerprint density at radius 2 is 1.36 bits per heavy atom. The number of aromatic nitrogens is 2. The number of hydrogen-bond donors (Lipinski definition) is 5. The number of nitrogens with two attached hydrogens (primary N) is 1. The van der Waals surface area contributed by atoms with Crippen LogP contribution in [0.1, 0.15) is 77.8 Å². The van der Waals surface area contributed by atoms with Gasteiger partial charge in [0, 0.05) is 25.5 Å². The Labute approximate surface area is 348 Å². The number of benzene rings is 2. The molecule has 2 aromatic carbocycles. The lowest BCUT2D eigenvalue weighted by Crippen LogP contribution is -2.55. The Bertz CT molecular complexity index is 2350. The normalized spacial score (nSPS) is 15.3. The maximum absolute atomic E-state index is 14.6. The molecular weight excluding hydrogens is 777 g/mol. The fourth-order valence-corrected chi connectivity index (χ4v) is 7.29. The van der Waals surface area contributed by atoms with Crippen LogP contribution in [-0.2, 0) is 4.79 Å². The molecule has 6 N–H and O–H groups in total. The number of halogens is 2. The summed E-state index contributed by atoms with van der Waals surface area (Å²) in [6.07, 6.45) is 8.17. The number of amides is 3. The minimum Gasteiger partial charge on any atom is -0.396 e. The highest BCUT2D eigenvalue weighted by Gasteiger charge is 2.59. The van der Waals surface area contributed by atoms with E-state index in [1.807, 2.05) is 14.0 Å². The van der Waals surface area contributed by atoms with Crippen molar-refractivity contribution in [1.82, 2.24) is 25.9 Å². The van der Waals surface area contributed by atoms with Crippen molar-refractivity contribution in [1.29, 1.82) is 0 Å². The second-order valence-corrected chi connectivity index (χ2v) is 14.3. The van der Waals surface area contributed by atoms with Crippen LogP contribution in [0.4, 0.5) is 43.2 Å². The summed E-state index contributed by atoms with van der Waals surface area (Å²) in [6, 6.07) is 12.3. The lowest BCUT2D eigenvalue weighted by atomic mass is 9.75. The van der Waals surface area contributed by atoms with Gasteiger partial charge in [0.15, 0.2) is 5.11 Å². The highest BCUT2D eigenvalue weighted by atomic mass is 32.1. The summed E-state index contributed by atoms with van der Waals surface area (Å²) in [6.45, 7) is 17.4. The van der Waals surface area contributed by atoms with Gasteiger partial charge in [-0.3, -0.25) is 24.6 Å². The van der Waals surface area contributed by atoms with E-state index in [4.69, 9.17) is 31.1 Å². The number of aryl methyl sites for hydroxylation is 2. The zero-order valence-electron chi connectivity index (χ0n) is 32.7. The first-order valence-corrected chi connectivity index (χ1v) is 18.7. The van der Waals surface area contributed by atoms with Gasteiger partial charge in [0.25, 0.3) is 29.4 Å². The Morgan fingerprint density at radius 3 is 1.80 bits per heavy atom. The third-order valence-corrected chi connectivity index (χ3v) is 10.7. The van der Waals surface area contributed by atoms with Crippen LogP contribution in [0.2, 0.25) is 0 Å². The van der Waals surface area contributed by atoms with Gasteiger partial charge in [-0.05, 0) is 131 Å². The van der Waals surface area contributed by atoms with Crippen LogP contribution in [0.25, 0.3) is 9.69 Å².